The topological polar surface area (TPSA) is 38.3 Å². The van der Waals surface area contributed by atoms with Gasteiger partial charge in [0.15, 0.2) is 0 Å². The smallest absolute Gasteiger partial charge is 0.310 e. The third kappa shape index (κ3) is 5.57. The van der Waals surface area contributed by atoms with Crippen LogP contribution in [0.2, 0.25) is 0 Å². The predicted molar refractivity (Wildman–Crippen MR) is 60.6 cm³/mol. The number of rotatable bonds is 2. The largest absolute Gasteiger partial charge is 0.460 e. The monoisotopic (exact) mass is 211 g/mol. The van der Waals surface area contributed by atoms with E-state index in [1.54, 1.807) is 0 Å². The van der Waals surface area contributed by atoms with Crippen LogP contribution in [-0.2, 0) is 9.53 Å². The van der Waals surface area contributed by atoms with Crippen LogP contribution in [0.1, 0.15) is 40.0 Å². The van der Waals surface area contributed by atoms with Crippen molar-refractivity contribution in [3.8, 4) is 0 Å². The molecule has 0 aromatic rings. The number of ether oxygens (including phenoxy) is 1. The second kappa shape index (κ2) is 5.31. The van der Waals surface area contributed by atoms with E-state index < -0.39 is 0 Å². The zero-order chi connectivity index (χ0) is 11.3. The van der Waals surface area contributed by atoms with Gasteiger partial charge in [-0.25, -0.2) is 0 Å². The molecule has 1 rings (SSSR count). The average Bonchev–Trinajstić information content (AvgIpc) is 2.28. The van der Waals surface area contributed by atoms with E-state index in [0.29, 0.717) is 6.42 Å². The summed E-state index contributed by atoms with van der Waals surface area (Å²) in [5, 5.41) is 3.29. The van der Waals surface area contributed by atoms with Crippen LogP contribution in [-0.4, -0.2) is 24.7 Å². The molecule has 0 unspecified atom stereocenters. The zero-order valence-corrected chi connectivity index (χ0v) is 9.93. The molecular formula is C12H21NO2. The molecule has 0 aromatic carbocycles. The molecule has 0 spiro atoms. The first-order valence-corrected chi connectivity index (χ1v) is 5.58. The molecule has 0 aliphatic carbocycles. The van der Waals surface area contributed by atoms with E-state index in [2.05, 4.69) is 11.4 Å². The first kappa shape index (κ1) is 12.2. The van der Waals surface area contributed by atoms with Gasteiger partial charge in [-0.15, -0.1) is 0 Å². The van der Waals surface area contributed by atoms with E-state index >= 15 is 0 Å². The normalized spacial score (nSPS) is 17.9. The Morgan fingerprint density at radius 1 is 1.47 bits per heavy atom. The van der Waals surface area contributed by atoms with Crippen molar-refractivity contribution in [2.75, 3.05) is 13.1 Å². The molecule has 1 aliphatic rings. The fourth-order valence-corrected chi connectivity index (χ4v) is 1.58. The summed E-state index contributed by atoms with van der Waals surface area (Å²) < 4.78 is 5.28. The first-order chi connectivity index (χ1) is 6.97. The highest BCUT2D eigenvalue weighted by Gasteiger charge is 2.17. The number of esters is 1. The molecule has 0 saturated heterocycles. The van der Waals surface area contributed by atoms with Crippen molar-refractivity contribution in [1.29, 1.82) is 0 Å². The van der Waals surface area contributed by atoms with Crippen LogP contribution >= 0.6 is 0 Å². The van der Waals surface area contributed by atoms with E-state index in [1.165, 1.54) is 5.57 Å². The van der Waals surface area contributed by atoms with E-state index in [9.17, 15) is 4.79 Å². The highest BCUT2D eigenvalue weighted by Crippen LogP contribution is 2.14. The minimum Gasteiger partial charge on any atom is -0.460 e. The Labute approximate surface area is 91.9 Å². The van der Waals surface area contributed by atoms with Crippen molar-refractivity contribution in [3.63, 3.8) is 0 Å². The Bertz CT molecular complexity index is 251. The van der Waals surface area contributed by atoms with Crippen LogP contribution in [0, 0.1) is 0 Å². The van der Waals surface area contributed by atoms with E-state index in [4.69, 9.17) is 4.74 Å². The zero-order valence-electron chi connectivity index (χ0n) is 9.93. The Morgan fingerprint density at radius 3 is 2.87 bits per heavy atom. The molecule has 0 bridgehead atoms. The standard InChI is InChI=1S/C12H21NO2/c1-12(2,3)15-11(14)9-10-5-4-7-13-8-6-10/h5,13H,4,6-9H2,1-3H3. The highest BCUT2D eigenvalue weighted by atomic mass is 16.6. The first-order valence-electron chi connectivity index (χ1n) is 5.58. The summed E-state index contributed by atoms with van der Waals surface area (Å²) in [6.45, 7) is 7.67. The van der Waals surface area contributed by atoms with Crippen LogP contribution in [0.3, 0.4) is 0 Å². The lowest BCUT2D eigenvalue weighted by Crippen LogP contribution is -2.24. The maximum absolute atomic E-state index is 11.6. The summed E-state index contributed by atoms with van der Waals surface area (Å²) in [6, 6.07) is 0. The Morgan fingerprint density at radius 2 is 2.20 bits per heavy atom. The number of carbonyl (C=O) groups excluding carboxylic acids is 1. The maximum Gasteiger partial charge on any atom is 0.310 e. The second-order valence-corrected chi connectivity index (χ2v) is 4.91. The van der Waals surface area contributed by atoms with Crippen molar-refractivity contribution < 1.29 is 9.53 Å². The van der Waals surface area contributed by atoms with Gasteiger partial charge in [-0.2, -0.15) is 0 Å². The summed E-state index contributed by atoms with van der Waals surface area (Å²) in [7, 11) is 0. The lowest BCUT2D eigenvalue weighted by atomic mass is 10.1. The fraction of sp³-hybridized carbons (Fsp3) is 0.750. The molecule has 86 valence electrons. The van der Waals surface area contributed by atoms with Gasteiger partial charge in [0.2, 0.25) is 0 Å². The second-order valence-electron chi connectivity index (χ2n) is 4.91. The van der Waals surface area contributed by atoms with Gasteiger partial charge < -0.3 is 10.1 Å². The molecule has 0 amide bonds. The van der Waals surface area contributed by atoms with E-state index in [1.807, 2.05) is 20.8 Å². The average molecular weight is 211 g/mol. The van der Waals surface area contributed by atoms with Crippen LogP contribution in [0.4, 0.5) is 0 Å². The summed E-state index contributed by atoms with van der Waals surface area (Å²) in [4.78, 5) is 11.6. The number of hydrogen-bond donors (Lipinski definition) is 1. The lowest BCUT2D eigenvalue weighted by Gasteiger charge is -2.19. The van der Waals surface area contributed by atoms with Crippen LogP contribution in [0.25, 0.3) is 0 Å². The Balaban J connectivity index is 2.39. The summed E-state index contributed by atoms with van der Waals surface area (Å²) in [5.41, 5.74) is 0.829. The van der Waals surface area contributed by atoms with Crippen molar-refractivity contribution in [3.05, 3.63) is 11.6 Å². The molecule has 0 saturated carbocycles. The van der Waals surface area contributed by atoms with Gasteiger partial charge in [-0.3, -0.25) is 4.79 Å². The lowest BCUT2D eigenvalue weighted by molar-refractivity contribution is -0.153. The third-order valence-electron chi connectivity index (χ3n) is 2.17. The summed E-state index contributed by atoms with van der Waals surface area (Å²) in [6.07, 6.45) is 4.57. The number of carbonyl (C=O) groups is 1. The minimum absolute atomic E-state index is 0.115. The molecule has 0 fully saturated rings. The Kier molecular flexibility index (Phi) is 4.33. The number of nitrogens with one attached hydrogen (secondary N) is 1. The molecule has 1 N–H and O–H groups in total. The molecule has 3 heteroatoms. The van der Waals surface area contributed by atoms with Gasteiger partial charge in [-0.05, 0) is 46.7 Å². The quantitative estimate of drug-likeness (QED) is 0.561. The van der Waals surface area contributed by atoms with Gasteiger partial charge in [0.05, 0.1) is 6.42 Å². The van der Waals surface area contributed by atoms with E-state index in [-0.39, 0.29) is 11.6 Å². The van der Waals surface area contributed by atoms with Gasteiger partial charge in [-0.1, -0.05) is 11.6 Å². The van der Waals surface area contributed by atoms with Crippen LogP contribution in [0.15, 0.2) is 11.6 Å². The maximum atomic E-state index is 11.6. The molecule has 3 nitrogen and oxygen atoms in total. The highest BCUT2D eigenvalue weighted by molar-refractivity contribution is 5.72. The van der Waals surface area contributed by atoms with E-state index in [0.717, 1.165) is 25.9 Å². The van der Waals surface area contributed by atoms with Gasteiger partial charge in [0, 0.05) is 0 Å². The van der Waals surface area contributed by atoms with Crippen LogP contribution < -0.4 is 5.32 Å². The molecule has 0 aromatic heterocycles. The molecule has 15 heavy (non-hydrogen) atoms. The SMILES string of the molecule is CC(C)(C)OC(=O)CC1=CCCNCC1. The van der Waals surface area contributed by atoms with Crippen LogP contribution in [0.5, 0.6) is 0 Å². The molecule has 0 radical (unpaired) electrons. The third-order valence-corrected chi connectivity index (χ3v) is 2.17. The Hall–Kier alpha value is -0.830. The van der Waals surface area contributed by atoms with Crippen molar-refractivity contribution in [1.82, 2.24) is 5.32 Å². The van der Waals surface area contributed by atoms with Crippen molar-refractivity contribution >= 4 is 5.97 Å². The molecule has 1 heterocycles. The number of hydrogen-bond acceptors (Lipinski definition) is 3. The summed E-state index contributed by atoms with van der Waals surface area (Å²) in [5.74, 6) is -0.115. The summed E-state index contributed by atoms with van der Waals surface area (Å²) >= 11 is 0. The van der Waals surface area contributed by atoms with Gasteiger partial charge >= 0.3 is 5.97 Å². The molecule has 1 aliphatic heterocycles. The molecule has 0 atom stereocenters. The van der Waals surface area contributed by atoms with Crippen molar-refractivity contribution in [2.45, 2.75) is 45.6 Å². The van der Waals surface area contributed by atoms with Crippen molar-refractivity contribution in [2.24, 2.45) is 0 Å². The minimum atomic E-state index is -0.374. The van der Waals surface area contributed by atoms with Gasteiger partial charge in [0.1, 0.15) is 5.60 Å². The predicted octanol–water partition coefficient (Wildman–Crippen LogP) is 2.03. The van der Waals surface area contributed by atoms with Gasteiger partial charge in [0.25, 0.3) is 0 Å². The fourth-order valence-electron chi connectivity index (χ4n) is 1.58. The molecular weight excluding hydrogens is 190 g/mol.